The van der Waals surface area contributed by atoms with Gasteiger partial charge in [0.1, 0.15) is 0 Å². The molecule has 18 heavy (non-hydrogen) atoms. The third kappa shape index (κ3) is 5.14. The Bertz CT molecular complexity index is 388. The Kier molecular flexibility index (Phi) is 5.75. The molecule has 0 aliphatic rings. The molecular weight excluding hydrogens is 248 g/mol. The molecule has 0 aliphatic heterocycles. The van der Waals surface area contributed by atoms with E-state index >= 15 is 0 Å². The van der Waals surface area contributed by atoms with E-state index in [0.29, 0.717) is 12.5 Å². The van der Waals surface area contributed by atoms with Gasteiger partial charge < -0.3 is 5.11 Å². The molecule has 1 heterocycles. The summed E-state index contributed by atoms with van der Waals surface area (Å²) in [7, 11) is 0. The second-order valence-corrected chi connectivity index (χ2v) is 6.41. The molecule has 4 nitrogen and oxygen atoms in total. The van der Waals surface area contributed by atoms with Crippen molar-refractivity contribution in [3.8, 4) is 0 Å². The lowest BCUT2D eigenvalue weighted by atomic mass is 10.1. The van der Waals surface area contributed by atoms with Crippen molar-refractivity contribution in [3.05, 3.63) is 16.1 Å². The summed E-state index contributed by atoms with van der Waals surface area (Å²) >= 11 is 1.69. The predicted octanol–water partition coefficient (Wildman–Crippen LogP) is 2.64. The van der Waals surface area contributed by atoms with Gasteiger partial charge in [-0.3, -0.25) is 9.69 Å². The Morgan fingerprint density at radius 2 is 2.11 bits per heavy atom. The van der Waals surface area contributed by atoms with Gasteiger partial charge in [0.2, 0.25) is 0 Å². The summed E-state index contributed by atoms with van der Waals surface area (Å²) in [6.07, 6.45) is 2.87. The minimum absolute atomic E-state index is 0.0785. The number of aromatic nitrogens is 1. The highest BCUT2D eigenvalue weighted by Crippen LogP contribution is 2.19. The first-order valence-corrected chi connectivity index (χ1v) is 7.09. The molecule has 0 fully saturated rings. The molecule has 5 heteroatoms. The second-order valence-electron chi connectivity index (χ2n) is 5.21. The summed E-state index contributed by atoms with van der Waals surface area (Å²) in [5, 5.41) is 10.0. The number of carboxylic acids is 1. The fourth-order valence-electron chi connectivity index (χ4n) is 1.66. The normalized spacial score (nSPS) is 11.7. The van der Waals surface area contributed by atoms with Crippen molar-refractivity contribution in [2.45, 2.75) is 46.7 Å². The summed E-state index contributed by atoms with van der Waals surface area (Å²) in [6, 6.07) is 0.219. The zero-order chi connectivity index (χ0) is 13.7. The lowest BCUT2D eigenvalue weighted by Gasteiger charge is -2.23. The van der Waals surface area contributed by atoms with Gasteiger partial charge in [0.25, 0.3) is 0 Å². The fraction of sp³-hybridized carbons (Fsp3) is 0.692. The Morgan fingerprint density at radius 3 is 2.61 bits per heavy atom. The van der Waals surface area contributed by atoms with Gasteiger partial charge in [-0.05, 0) is 19.8 Å². The van der Waals surface area contributed by atoms with E-state index in [1.165, 1.54) is 0 Å². The van der Waals surface area contributed by atoms with Crippen LogP contribution in [-0.2, 0) is 17.8 Å². The van der Waals surface area contributed by atoms with Gasteiger partial charge in [-0.25, -0.2) is 4.98 Å². The van der Waals surface area contributed by atoms with Crippen molar-refractivity contribution in [3.63, 3.8) is 0 Å². The predicted molar refractivity (Wildman–Crippen MR) is 73.8 cm³/mol. The van der Waals surface area contributed by atoms with Crippen LogP contribution in [0.15, 0.2) is 6.20 Å². The van der Waals surface area contributed by atoms with Crippen molar-refractivity contribution in [1.29, 1.82) is 0 Å². The summed E-state index contributed by atoms with van der Waals surface area (Å²) in [5.41, 5.74) is 0. The Morgan fingerprint density at radius 1 is 1.44 bits per heavy atom. The van der Waals surface area contributed by atoms with Crippen molar-refractivity contribution in [2.24, 2.45) is 5.92 Å². The zero-order valence-electron chi connectivity index (χ0n) is 11.5. The smallest absolute Gasteiger partial charge is 0.317 e. The van der Waals surface area contributed by atoms with E-state index in [1.54, 1.807) is 11.3 Å². The highest BCUT2D eigenvalue weighted by molar-refractivity contribution is 7.11. The van der Waals surface area contributed by atoms with E-state index in [4.69, 9.17) is 5.11 Å². The first-order chi connectivity index (χ1) is 8.38. The number of nitrogens with zero attached hydrogens (tertiary/aromatic N) is 2. The molecule has 0 radical (unpaired) electrons. The molecule has 0 unspecified atom stereocenters. The van der Waals surface area contributed by atoms with Crippen LogP contribution < -0.4 is 0 Å². The molecule has 0 aliphatic carbocycles. The third-order valence-corrected chi connectivity index (χ3v) is 3.62. The molecule has 0 spiro atoms. The SMILES string of the molecule is CC(C)Cc1ncc(CN(CC(=O)O)C(C)C)s1. The molecule has 0 saturated carbocycles. The van der Waals surface area contributed by atoms with Crippen LogP contribution in [0.4, 0.5) is 0 Å². The van der Waals surface area contributed by atoms with Crippen molar-refractivity contribution < 1.29 is 9.90 Å². The van der Waals surface area contributed by atoms with Crippen molar-refractivity contribution in [2.75, 3.05) is 6.54 Å². The van der Waals surface area contributed by atoms with Gasteiger partial charge in [-0.15, -0.1) is 11.3 Å². The molecule has 0 bridgehead atoms. The molecule has 0 saturated heterocycles. The van der Waals surface area contributed by atoms with Gasteiger partial charge in [-0.2, -0.15) is 0 Å². The average molecular weight is 270 g/mol. The van der Waals surface area contributed by atoms with Crippen LogP contribution in [0.2, 0.25) is 0 Å². The molecule has 102 valence electrons. The number of rotatable bonds is 7. The van der Waals surface area contributed by atoms with Crippen LogP contribution in [0, 0.1) is 5.92 Å². The van der Waals surface area contributed by atoms with E-state index < -0.39 is 5.97 Å². The van der Waals surface area contributed by atoms with Crippen LogP contribution in [0.3, 0.4) is 0 Å². The molecule has 1 aromatic heterocycles. The third-order valence-electron chi connectivity index (χ3n) is 2.61. The minimum atomic E-state index is -0.782. The van der Waals surface area contributed by atoms with Crippen LogP contribution in [0.25, 0.3) is 0 Å². The van der Waals surface area contributed by atoms with E-state index in [0.717, 1.165) is 16.3 Å². The maximum Gasteiger partial charge on any atom is 0.317 e. The van der Waals surface area contributed by atoms with E-state index in [-0.39, 0.29) is 12.6 Å². The summed E-state index contributed by atoms with van der Waals surface area (Å²) in [5.74, 6) is -0.181. The molecular formula is C13H22N2O2S. The van der Waals surface area contributed by atoms with Crippen LogP contribution in [-0.4, -0.2) is 33.5 Å². The topological polar surface area (TPSA) is 53.4 Å². The van der Waals surface area contributed by atoms with Crippen molar-refractivity contribution in [1.82, 2.24) is 9.88 Å². The highest BCUT2D eigenvalue weighted by atomic mass is 32.1. The molecule has 1 rings (SSSR count). The molecule has 1 N–H and O–H groups in total. The number of hydrogen-bond acceptors (Lipinski definition) is 4. The van der Waals surface area contributed by atoms with E-state index in [1.807, 2.05) is 24.9 Å². The van der Waals surface area contributed by atoms with Gasteiger partial charge >= 0.3 is 5.97 Å². The van der Waals surface area contributed by atoms with Gasteiger partial charge in [0.05, 0.1) is 11.6 Å². The maximum atomic E-state index is 10.8. The van der Waals surface area contributed by atoms with Gasteiger partial charge in [0, 0.05) is 30.1 Å². The van der Waals surface area contributed by atoms with Crippen LogP contribution in [0.5, 0.6) is 0 Å². The lowest BCUT2D eigenvalue weighted by Crippen LogP contribution is -2.34. The number of carboxylic acid groups (broad SMARTS) is 1. The number of aliphatic carboxylic acids is 1. The van der Waals surface area contributed by atoms with Crippen LogP contribution in [0.1, 0.15) is 37.6 Å². The Hall–Kier alpha value is -0.940. The maximum absolute atomic E-state index is 10.8. The molecule has 0 aromatic carbocycles. The standard InChI is InChI=1S/C13H22N2O2S/c1-9(2)5-12-14-6-11(18-12)7-15(10(3)4)8-13(16)17/h6,9-10H,5,7-8H2,1-4H3,(H,16,17). The summed E-state index contributed by atoms with van der Waals surface area (Å²) in [6.45, 7) is 9.12. The fourth-order valence-corrected chi connectivity index (χ4v) is 2.82. The largest absolute Gasteiger partial charge is 0.480 e. The quantitative estimate of drug-likeness (QED) is 0.827. The number of thiazole rings is 1. The minimum Gasteiger partial charge on any atom is -0.480 e. The summed E-state index contributed by atoms with van der Waals surface area (Å²) in [4.78, 5) is 18.3. The van der Waals surface area contributed by atoms with Crippen LogP contribution >= 0.6 is 11.3 Å². The van der Waals surface area contributed by atoms with Gasteiger partial charge in [-0.1, -0.05) is 13.8 Å². The van der Waals surface area contributed by atoms with E-state index in [2.05, 4.69) is 18.8 Å². The van der Waals surface area contributed by atoms with Gasteiger partial charge in [0.15, 0.2) is 0 Å². The zero-order valence-corrected chi connectivity index (χ0v) is 12.3. The number of carbonyl (C=O) groups is 1. The average Bonchev–Trinajstić information content (AvgIpc) is 2.62. The molecule has 0 amide bonds. The second kappa shape index (κ2) is 6.85. The summed E-state index contributed by atoms with van der Waals surface area (Å²) < 4.78 is 0. The van der Waals surface area contributed by atoms with E-state index in [9.17, 15) is 4.79 Å². The Balaban J connectivity index is 2.63. The monoisotopic (exact) mass is 270 g/mol. The van der Waals surface area contributed by atoms with Crippen molar-refractivity contribution >= 4 is 17.3 Å². The highest BCUT2D eigenvalue weighted by Gasteiger charge is 2.15. The number of hydrogen-bond donors (Lipinski definition) is 1. The molecule has 1 aromatic rings. The molecule has 0 atom stereocenters. The Labute approximate surface area is 113 Å². The lowest BCUT2D eigenvalue weighted by molar-refractivity contribution is -0.138. The first kappa shape index (κ1) is 15.1. The first-order valence-electron chi connectivity index (χ1n) is 6.28.